The molecule has 1 rings (SSSR count). The Balaban J connectivity index is 3.16. The highest BCUT2D eigenvalue weighted by Crippen LogP contribution is 2.15. The molecular weight excluding hydrogens is 261 g/mol. The third-order valence-corrected chi connectivity index (χ3v) is 2.55. The van der Waals surface area contributed by atoms with Crippen molar-refractivity contribution in [2.45, 2.75) is 13.8 Å². The van der Waals surface area contributed by atoms with Crippen LogP contribution in [0.4, 0.5) is 4.39 Å². The van der Waals surface area contributed by atoms with Gasteiger partial charge in [-0.1, -0.05) is 0 Å². The first kappa shape index (κ1) is 15.9. The Morgan fingerprint density at radius 1 is 1.35 bits per heavy atom. The lowest BCUT2D eigenvalue weighted by Crippen LogP contribution is -2.19. The van der Waals surface area contributed by atoms with E-state index >= 15 is 0 Å². The molecule has 0 spiro atoms. The van der Waals surface area contributed by atoms with Crippen molar-refractivity contribution >= 4 is 11.8 Å². The van der Waals surface area contributed by atoms with Gasteiger partial charge in [0, 0.05) is 25.9 Å². The molecule has 0 aromatic heterocycles. The zero-order valence-corrected chi connectivity index (χ0v) is 12.1. The Morgan fingerprint density at radius 3 is 2.50 bits per heavy atom. The second kappa shape index (κ2) is 6.84. The minimum absolute atomic E-state index is 0.0807. The quantitative estimate of drug-likeness (QED) is 0.273. The van der Waals surface area contributed by atoms with E-state index in [1.165, 1.54) is 24.4 Å². The maximum atomic E-state index is 13.2. The Bertz CT molecular complexity index is 550. The maximum absolute atomic E-state index is 13.2. The fraction of sp³-hybridized carbons (Fsp3) is 0.333. The molecule has 0 saturated heterocycles. The van der Waals surface area contributed by atoms with Crippen LogP contribution in [-0.2, 0) is 9.53 Å². The van der Waals surface area contributed by atoms with Crippen LogP contribution in [0.3, 0.4) is 0 Å². The first-order chi connectivity index (χ1) is 9.36. The van der Waals surface area contributed by atoms with Gasteiger partial charge in [0.25, 0.3) is 0 Å². The number of rotatable bonds is 5. The summed E-state index contributed by atoms with van der Waals surface area (Å²) in [5.41, 5.74) is 0.525. The molecule has 4 nitrogen and oxygen atoms in total. The Labute approximate surface area is 117 Å². The Kier molecular flexibility index (Phi) is 5.43. The third kappa shape index (κ3) is 3.91. The van der Waals surface area contributed by atoms with Crippen molar-refractivity contribution < 1.29 is 18.7 Å². The second-order valence-electron chi connectivity index (χ2n) is 4.52. The number of ether oxygens (including phenoxy) is 1. The molecule has 0 atom stereocenters. The summed E-state index contributed by atoms with van der Waals surface area (Å²) in [6, 6.07) is 3.98. The fourth-order valence-electron chi connectivity index (χ4n) is 1.61. The molecule has 0 saturated carbocycles. The molecule has 5 heteroatoms. The van der Waals surface area contributed by atoms with Crippen molar-refractivity contribution in [3.8, 4) is 0 Å². The van der Waals surface area contributed by atoms with E-state index in [-0.39, 0.29) is 17.7 Å². The molecule has 1 aromatic carbocycles. The number of nitrogens with zero attached hydrogens (tertiary/aromatic N) is 1. The van der Waals surface area contributed by atoms with E-state index < -0.39 is 17.6 Å². The number of hydrogen-bond acceptors (Lipinski definition) is 4. The van der Waals surface area contributed by atoms with Crippen molar-refractivity contribution in [3.05, 3.63) is 46.9 Å². The molecule has 0 aliphatic carbocycles. The zero-order valence-electron chi connectivity index (χ0n) is 12.1. The summed E-state index contributed by atoms with van der Waals surface area (Å²) in [4.78, 5) is 25.8. The average molecular weight is 279 g/mol. The van der Waals surface area contributed by atoms with Crippen LogP contribution in [0, 0.1) is 12.7 Å². The standard InChI is InChI=1S/C15H18FNO3/c1-5-20-15(19)12(9-17(3)4)14(18)11-6-7-13(16)10(2)8-11/h6-9H,5H2,1-4H3. The van der Waals surface area contributed by atoms with Crippen molar-refractivity contribution in [2.24, 2.45) is 0 Å². The van der Waals surface area contributed by atoms with Crippen molar-refractivity contribution in [2.75, 3.05) is 20.7 Å². The van der Waals surface area contributed by atoms with Gasteiger partial charge in [-0.3, -0.25) is 4.79 Å². The first-order valence-corrected chi connectivity index (χ1v) is 6.23. The summed E-state index contributed by atoms with van der Waals surface area (Å²) in [7, 11) is 3.39. The highest BCUT2D eigenvalue weighted by Gasteiger charge is 2.22. The molecular formula is C15H18FNO3. The molecule has 0 aliphatic rings. The second-order valence-corrected chi connectivity index (χ2v) is 4.52. The lowest BCUT2D eigenvalue weighted by Gasteiger charge is -2.11. The van der Waals surface area contributed by atoms with Gasteiger partial charge in [0.05, 0.1) is 6.61 Å². The lowest BCUT2D eigenvalue weighted by molar-refractivity contribution is -0.138. The van der Waals surface area contributed by atoms with Gasteiger partial charge >= 0.3 is 5.97 Å². The van der Waals surface area contributed by atoms with Gasteiger partial charge < -0.3 is 9.64 Å². The fourth-order valence-corrected chi connectivity index (χ4v) is 1.61. The number of hydrogen-bond donors (Lipinski definition) is 0. The highest BCUT2D eigenvalue weighted by atomic mass is 19.1. The smallest absolute Gasteiger partial charge is 0.343 e. The van der Waals surface area contributed by atoms with Crippen LogP contribution >= 0.6 is 0 Å². The van der Waals surface area contributed by atoms with E-state index in [2.05, 4.69) is 0 Å². The first-order valence-electron chi connectivity index (χ1n) is 6.23. The minimum Gasteiger partial charge on any atom is -0.462 e. The maximum Gasteiger partial charge on any atom is 0.343 e. The molecule has 1 aromatic rings. The van der Waals surface area contributed by atoms with Gasteiger partial charge in [-0.25, -0.2) is 9.18 Å². The van der Waals surface area contributed by atoms with Gasteiger partial charge in [-0.05, 0) is 37.6 Å². The summed E-state index contributed by atoms with van der Waals surface area (Å²) in [5, 5.41) is 0. The summed E-state index contributed by atoms with van der Waals surface area (Å²) in [6.45, 7) is 3.41. The summed E-state index contributed by atoms with van der Waals surface area (Å²) >= 11 is 0. The third-order valence-electron chi connectivity index (χ3n) is 2.55. The van der Waals surface area contributed by atoms with Crippen LogP contribution in [0.1, 0.15) is 22.8 Å². The van der Waals surface area contributed by atoms with E-state index in [0.29, 0.717) is 5.56 Å². The number of aryl methyl sites for hydroxylation is 1. The highest BCUT2D eigenvalue weighted by molar-refractivity contribution is 6.24. The number of benzene rings is 1. The molecule has 0 amide bonds. The average Bonchev–Trinajstić information content (AvgIpc) is 2.38. The van der Waals surface area contributed by atoms with Crippen molar-refractivity contribution in [1.29, 1.82) is 0 Å². The molecule has 0 fully saturated rings. The van der Waals surface area contributed by atoms with Crippen LogP contribution in [0.15, 0.2) is 30.0 Å². The predicted molar refractivity (Wildman–Crippen MR) is 73.9 cm³/mol. The number of carbonyl (C=O) groups is 2. The van der Waals surface area contributed by atoms with E-state index in [1.54, 1.807) is 32.8 Å². The topological polar surface area (TPSA) is 46.6 Å². The number of halogens is 1. The summed E-state index contributed by atoms with van der Waals surface area (Å²) < 4.78 is 18.1. The predicted octanol–water partition coefficient (Wildman–Crippen LogP) is 2.33. The normalized spacial score (nSPS) is 11.2. The lowest BCUT2D eigenvalue weighted by atomic mass is 10.0. The van der Waals surface area contributed by atoms with Crippen molar-refractivity contribution in [3.63, 3.8) is 0 Å². The number of ketones is 1. The van der Waals surface area contributed by atoms with E-state index in [0.717, 1.165) is 0 Å². The molecule has 0 radical (unpaired) electrons. The molecule has 0 unspecified atom stereocenters. The van der Waals surface area contributed by atoms with Crippen LogP contribution in [0.25, 0.3) is 0 Å². The zero-order chi connectivity index (χ0) is 15.3. The van der Waals surface area contributed by atoms with Gasteiger partial charge in [0.1, 0.15) is 11.4 Å². The van der Waals surface area contributed by atoms with Crippen LogP contribution in [0.2, 0.25) is 0 Å². The minimum atomic E-state index is -0.687. The molecule has 0 aliphatic heterocycles. The number of carbonyl (C=O) groups excluding carboxylic acids is 2. The number of esters is 1. The molecule has 0 N–H and O–H groups in total. The molecule has 20 heavy (non-hydrogen) atoms. The molecule has 0 bridgehead atoms. The van der Waals surface area contributed by atoms with E-state index in [4.69, 9.17) is 4.74 Å². The van der Waals surface area contributed by atoms with Crippen LogP contribution in [-0.4, -0.2) is 37.4 Å². The van der Waals surface area contributed by atoms with Gasteiger partial charge in [0.2, 0.25) is 5.78 Å². The van der Waals surface area contributed by atoms with Gasteiger partial charge in [0.15, 0.2) is 0 Å². The van der Waals surface area contributed by atoms with Crippen LogP contribution in [0.5, 0.6) is 0 Å². The SMILES string of the molecule is CCOC(=O)C(=CN(C)C)C(=O)c1ccc(F)c(C)c1. The largest absolute Gasteiger partial charge is 0.462 e. The van der Waals surface area contributed by atoms with E-state index in [9.17, 15) is 14.0 Å². The van der Waals surface area contributed by atoms with Crippen LogP contribution < -0.4 is 0 Å². The molecule has 108 valence electrons. The molecule has 0 heterocycles. The monoisotopic (exact) mass is 279 g/mol. The van der Waals surface area contributed by atoms with Gasteiger partial charge in [-0.15, -0.1) is 0 Å². The number of Topliss-reactive ketones (excluding diaryl/α,β-unsaturated/α-hetero) is 1. The summed E-state index contributed by atoms with van der Waals surface area (Å²) in [5.74, 6) is -1.57. The Hall–Kier alpha value is -2.17. The summed E-state index contributed by atoms with van der Waals surface area (Å²) in [6.07, 6.45) is 1.40. The van der Waals surface area contributed by atoms with Crippen molar-refractivity contribution in [1.82, 2.24) is 4.90 Å². The Morgan fingerprint density at radius 2 is 2.00 bits per heavy atom. The van der Waals surface area contributed by atoms with E-state index in [1.807, 2.05) is 0 Å². The van der Waals surface area contributed by atoms with Gasteiger partial charge in [-0.2, -0.15) is 0 Å².